The number of benzene rings is 1. The first-order valence-corrected chi connectivity index (χ1v) is 10.4. The lowest BCUT2D eigenvalue weighted by Gasteiger charge is -2.11. The van der Waals surface area contributed by atoms with Crippen molar-refractivity contribution in [2.45, 2.75) is 32.1 Å². The molecular formula is C18H21ClN4O4S. The van der Waals surface area contributed by atoms with E-state index in [1.165, 1.54) is 13.2 Å². The number of hydrogen-bond acceptors (Lipinski definition) is 6. The van der Waals surface area contributed by atoms with E-state index in [1.807, 2.05) is 6.92 Å². The van der Waals surface area contributed by atoms with Crippen LogP contribution < -0.4 is 9.46 Å². The van der Waals surface area contributed by atoms with Crippen LogP contribution >= 0.6 is 11.6 Å². The number of hydrogen-bond donors (Lipinski definition) is 1. The van der Waals surface area contributed by atoms with Gasteiger partial charge in [-0.25, -0.2) is 8.42 Å². The predicted octanol–water partition coefficient (Wildman–Crippen LogP) is 3.72. The van der Waals surface area contributed by atoms with Crippen molar-refractivity contribution in [1.29, 1.82) is 0 Å². The standard InChI is InChI=1S/C18H21ClN4O4S/c1-6-15-20-21-18(27-15)16-10(2)17(11(3)23(16)4)28(24,25)22-12-7-8-14(26-5)13(19)9-12/h7-9,22H,6H2,1-5H3. The van der Waals surface area contributed by atoms with E-state index in [1.54, 1.807) is 37.6 Å². The number of rotatable bonds is 6. The second kappa shape index (κ2) is 7.48. The van der Waals surface area contributed by atoms with Crippen LogP contribution in [0.1, 0.15) is 24.1 Å². The van der Waals surface area contributed by atoms with Gasteiger partial charge in [-0.1, -0.05) is 18.5 Å². The first kappa shape index (κ1) is 20.2. The molecule has 0 radical (unpaired) electrons. The fourth-order valence-corrected chi connectivity index (χ4v) is 4.90. The molecule has 3 rings (SSSR count). The first-order valence-electron chi connectivity index (χ1n) is 8.54. The van der Waals surface area contributed by atoms with Crippen molar-refractivity contribution >= 4 is 27.3 Å². The highest BCUT2D eigenvalue weighted by Gasteiger charge is 2.29. The third-order valence-corrected chi connectivity index (χ3v) is 6.45. The topological polar surface area (TPSA) is 99.3 Å². The Morgan fingerprint density at radius 1 is 1.29 bits per heavy atom. The van der Waals surface area contributed by atoms with Crippen LogP contribution in [0.3, 0.4) is 0 Å². The molecule has 2 heterocycles. The van der Waals surface area contributed by atoms with Crippen LogP contribution in [0, 0.1) is 13.8 Å². The van der Waals surface area contributed by atoms with Gasteiger partial charge in [0.1, 0.15) is 16.3 Å². The Morgan fingerprint density at radius 2 is 2.00 bits per heavy atom. The van der Waals surface area contributed by atoms with Crippen LogP contribution in [-0.4, -0.2) is 30.3 Å². The number of nitrogens with zero attached hydrogens (tertiary/aromatic N) is 3. The molecule has 0 unspecified atom stereocenters. The van der Waals surface area contributed by atoms with Gasteiger partial charge >= 0.3 is 0 Å². The maximum absolute atomic E-state index is 13.1. The Balaban J connectivity index is 2.05. The molecule has 0 saturated heterocycles. The highest BCUT2D eigenvalue weighted by atomic mass is 35.5. The summed E-state index contributed by atoms with van der Waals surface area (Å²) < 4.78 is 41.2. The van der Waals surface area contributed by atoms with Gasteiger partial charge in [0, 0.05) is 24.7 Å². The molecular weight excluding hydrogens is 404 g/mol. The minimum Gasteiger partial charge on any atom is -0.495 e. The van der Waals surface area contributed by atoms with E-state index >= 15 is 0 Å². The van der Waals surface area contributed by atoms with Crippen molar-refractivity contribution in [3.8, 4) is 17.3 Å². The number of aromatic nitrogens is 3. The molecule has 0 spiro atoms. The van der Waals surface area contributed by atoms with Crippen LogP contribution in [0.5, 0.6) is 5.75 Å². The molecule has 0 fully saturated rings. The lowest BCUT2D eigenvalue weighted by Crippen LogP contribution is -2.15. The molecule has 10 heteroatoms. The Hall–Kier alpha value is -2.52. The molecule has 8 nitrogen and oxygen atoms in total. The molecule has 0 bridgehead atoms. The highest BCUT2D eigenvalue weighted by Crippen LogP contribution is 2.34. The second-order valence-corrected chi connectivity index (χ2v) is 8.28. The number of methoxy groups -OCH3 is 1. The fraction of sp³-hybridized carbons (Fsp3) is 0.333. The van der Waals surface area contributed by atoms with Gasteiger partial charge in [0.05, 0.1) is 17.8 Å². The lowest BCUT2D eigenvalue weighted by atomic mass is 10.2. The first-order chi connectivity index (χ1) is 13.2. The zero-order valence-electron chi connectivity index (χ0n) is 16.2. The molecule has 150 valence electrons. The SMILES string of the molecule is CCc1nnc(-c2c(C)c(S(=O)(=O)Nc3ccc(OC)c(Cl)c3)c(C)n2C)o1. The van der Waals surface area contributed by atoms with E-state index in [-0.39, 0.29) is 10.8 Å². The van der Waals surface area contributed by atoms with Gasteiger partial charge in [0.15, 0.2) is 0 Å². The van der Waals surface area contributed by atoms with Crippen LogP contribution in [0.15, 0.2) is 27.5 Å². The van der Waals surface area contributed by atoms with Gasteiger partial charge in [-0.05, 0) is 32.0 Å². The van der Waals surface area contributed by atoms with Crippen molar-refractivity contribution in [2.24, 2.45) is 7.05 Å². The average Bonchev–Trinajstić information content (AvgIpc) is 3.18. The third kappa shape index (κ3) is 3.47. The van der Waals surface area contributed by atoms with Crippen molar-refractivity contribution in [1.82, 2.24) is 14.8 Å². The number of halogens is 1. The summed E-state index contributed by atoms with van der Waals surface area (Å²) in [6.07, 6.45) is 0.598. The minimum atomic E-state index is -3.88. The van der Waals surface area contributed by atoms with E-state index < -0.39 is 10.0 Å². The second-order valence-electron chi connectivity index (χ2n) is 6.26. The monoisotopic (exact) mass is 424 g/mol. The molecule has 0 aliphatic heterocycles. The predicted molar refractivity (Wildman–Crippen MR) is 106 cm³/mol. The number of ether oxygens (including phenoxy) is 1. The third-order valence-electron chi connectivity index (χ3n) is 4.51. The molecule has 1 aromatic carbocycles. The van der Waals surface area contributed by atoms with E-state index in [4.69, 9.17) is 20.8 Å². The quantitative estimate of drug-likeness (QED) is 0.647. The number of anilines is 1. The van der Waals surface area contributed by atoms with Crippen LogP contribution in [-0.2, 0) is 23.5 Å². The fourth-order valence-electron chi connectivity index (χ4n) is 3.08. The van der Waals surface area contributed by atoms with Crippen LogP contribution in [0.2, 0.25) is 5.02 Å². The maximum Gasteiger partial charge on any atom is 0.264 e. The van der Waals surface area contributed by atoms with Crippen LogP contribution in [0.25, 0.3) is 11.6 Å². The maximum atomic E-state index is 13.1. The minimum absolute atomic E-state index is 0.160. The van der Waals surface area contributed by atoms with Crippen molar-refractivity contribution < 1.29 is 17.6 Å². The Kier molecular flexibility index (Phi) is 5.40. The van der Waals surface area contributed by atoms with Gasteiger partial charge in [-0.2, -0.15) is 0 Å². The van der Waals surface area contributed by atoms with E-state index in [9.17, 15) is 8.42 Å². The van der Waals surface area contributed by atoms with E-state index in [0.717, 1.165) is 0 Å². The van der Waals surface area contributed by atoms with Crippen molar-refractivity contribution in [2.75, 3.05) is 11.8 Å². The average molecular weight is 425 g/mol. The van der Waals surface area contributed by atoms with Crippen molar-refractivity contribution in [3.05, 3.63) is 40.4 Å². The molecule has 0 aliphatic rings. The lowest BCUT2D eigenvalue weighted by molar-refractivity contribution is 0.415. The van der Waals surface area contributed by atoms with Crippen LogP contribution in [0.4, 0.5) is 5.69 Å². The van der Waals surface area contributed by atoms with E-state index in [2.05, 4.69) is 14.9 Å². The summed E-state index contributed by atoms with van der Waals surface area (Å²) in [6, 6.07) is 4.68. The van der Waals surface area contributed by atoms with Crippen molar-refractivity contribution in [3.63, 3.8) is 0 Å². The molecule has 0 aliphatic carbocycles. The summed E-state index contributed by atoms with van der Waals surface area (Å²) in [4.78, 5) is 0.160. The summed E-state index contributed by atoms with van der Waals surface area (Å²) in [7, 11) is -0.628. The summed E-state index contributed by atoms with van der Waals surface area (Å²) >= 11 is 6.10. The molecule has 1 N–H and O–H groups in total. The summed E-state index contributed by atoms with van der Waals surface area (Å²) in [5.41, 5.74) is 1.98. The number of sulfonamides is 1. The zero-order valence-corrected chi connectivity index (χ0v) is 17.8. The van der Waals surface area contributed by atoms with Gasteiger partial charge in [-0.15, -0.1) is 10.2 Å². The molecule has 28 heavy (non-hydrogen) atoms. The largest absolute Gasteiger partial charge is 0.495 e. The Labute approximate surface area is 168 Å². The smallest absolute Gasteiger partial charge is 0.264 e. The normalized spacial score (nSPS) is 11.6. The molecule has 0 saturated carbocycles. The zero-order chi connectivity index (χ0) is 20.6. The molecule has 0 atom stereocenters. The van der Waals surface area contributed by atoms with E-state index in [0.29, 0.717) is 45.7 Å². The summed E-state index contributed by atoms with van der Waals surface area (Å²) in [6.45, 7) is 5.34. The summed E-state index contributed by atoms with van der Waals surface area (Å²) in [5, 5.41) is 8.32. The van der Waals surface area contributed by atoms with Gasteiger partial charge < -0.3 is 13.7 Å². The highest BCUT2D eigenvalue weighted by molar-refractivity contribution is 7.92. The Bertz CT molecular complexity index is 1130. The van der Waals surface area contributed by atoms with Gasteiger partial charge in [0.2, 0.25) is 5.89 Å². The summed E-state index contributed by atoms with van der Waals surface area (Å²) in [5.74, 6) is 1.24. The molecule has 3 aromatic rings. The number of nitrogens with one attached hydrogen (secondary N) is 1. The molecule has 0 amide bonds. The van der Waals surface area contributed by atoms with Gasteiger partial charge in [-0.3, -0.25) is 4.72 Å². The molecule has 2 aromatic heterocycles. The number of aryl methyl sites for hydroxylation is 1. The van der Waals surface area contributed by atoms with Gasteiger partial charge in [0.25, 0.3) is 15.9 Å². The Morgan fingerprint density at radius 3 is 2.57 bits per heavy atom.